The molecule has 0 saturated carbocycles. The normalized spacial score (nSPS) is 10.7. The SMILES string of the molecule is O=CCc1cc(Br)c2occc2c1F. The van der Waals surface area contributed by atoms with E-state index in [4.69, 9.17) is 4.42 Å². The highest BCUT2D eigenvalue weighted by molar-refractivity contribution is 9.10. The van der Waals surface area contributed by atoms with E-state index in [0.29, 0.717) is 27.3 Å². The van der Waals surface area contributed by atoms with Crippen LogP contribution >= 0.6 is 15.9 Å². The molecule has 1 heterocycles. The average molecular weight is 257 g/mol. The van der Waals surface area contributed by atoms with Gasteiger partial charge in [0.1, 0.15) is 12.1 Å². The molecule has 14 heavy (non-hydrogen) atoms. The maximum absolute atomic E-state index is 13.6. The average Bonchev–Trinajstić information content (AvgIpc) is 2.63. The fourth-order valence-electron chi connectivity index (χ4n) is 1.36. The molecule has 0 amide bonds. The summed E-state index contributed by atoms with van der Waals surface area (Å²) in [5.74, 6) is -0.385. The first-order valence-corrected chi connectivity index (χ1v) is 4.81. The zero-order valence-electron chi connectivity index (χ0n) is 7.09. The van der Waals surface area contributed by atoms with Crippen LogP contribution in [-0.4, -0.2) is 6.29 Å². The van der Waals surface area contributed by atoms with Gasteiger partial charge in [-0.15, -0.1) is 0 Å². The van der Waals surface area contributed by atoms with Crippen LogP contribution in [-0.2, 0) is 11.2 Å². The van der Waals surface area contributed by atoms with E-state index in [9.17, 15) is 9.18 Å². The van der Waals surface area contributed by atoms with Crippen molar-refractivity contribution in [3.8, 4) is 0 Å². The van der Waals surface area contributed by atoms with E-state index in [1.54, 1.807) is 12.1 Å². The van der Waals surface area contributed by atoms with Gasteiger partial charge in [-0.1, -0.05) is 0 Å². The molecule has 0 atom stereocenters. The third kappa shape index (κ3) is 1.35. The number of rotatable bonds is 2. The number of carbonyl (C=O) groups is 1. The van der Waals surface area contributed by atoms with Crippen molar-refractivity contribution >= 4 is 33.2 Å². The van der Waals surface area contributed by atoms with E-state index in [2.05, 4.69) is 15.9 Å². The van der Waals surface area contributed by atoms with Crippen LogP contribution in [0.2, 0.25) is 0 Å². The van der Waals surface area contributed by atoms with Gasteiger partial charge in [-0.2, -0.15) is 0 Å². The van der Waals surface area contributed by atoms with Crippen LogP contribution in [0.4, 0.5) is 4.39 Å². The van der Waals surface area contributed by atoms with E-state index in [1.165, 1.54) is 6.26 Å². The molecule has 2 aromatic rings. The van der Waals surface area contributed by atoms with Crippen molar-refractivity contribution < 1.29 is 13.6 Å². The first kappa shape index (κ1) is 9.40. The molecule has 0 aliphatic heterocycles. The lowest BCUT2D eigenvalue weighted by Crippen LogP contribution is -1.92. The van der Waals surface area contributed by atoms with Crippen LogP contribution in [0.25, 0.3) is 11.0 Å². The molecule has 0 fully saturated rings. The van der Waals surface area contributed by atoms with Gasteiger partial charge in [0.2, 0.25) is 0 Å². The van der Waals surface area contributed by atoms with Crippen molar-refractivity contribution in [1.82, 2.24) is 0 Å². The Labute approximate surface area is 87.8 Å². The zero-order chi connectivity index (χ0) is 10.1. The Bertz CT molecular complexity index is 490. The Balaban J connectivity index is 2.74. The van der Waals surface area contributed by atoms with Gasteiger partial charge in [-0.25, -0.2) is 4.39 Å². The van der Waals surface area contributed by atoms with Crippen molar-refractivity contribution in [1.29, 1.82) is 0 Å². The summed E-state index contributed by atoms with van der Waals surface area (Å²) in [7, 11) is 0. The maximum Gasteiger partial charge on any atom is 0.150 e. The van der Waals surface area contributed by atoms with E-state index in [0.717, 1.165) is 0 Å². The molecule has 72 valence electrons. The number of furan rings is 1. The second-order valence-corrected chi connectivity index (χ2v) is 3.72. The monoisotopic (exact) mass is 256 g/mol. The Morgan fingerprint density at radius 2 is 2.36 bits per heavy atom. The van der Waals surface area contributed by atoms with Crippen LogP contribution < -0.4 is 0 Å². The van der Waals surface area contributed by atoms with Crippen LogP contribution in [0.15, 0.2) is 27.3 Å². The maximum atomic E-state index is 13.6. The van der Waals surface area contributed by atoms with Crippen molar-refractivity contribution in [3.63, 3.8) is 0 Å². The van der Waals surface area contributed by atoms with Gasteiger partial charge >= 0.3 is 0 Å². The van der Waals surface area contributed by atoms with Gasteiger partial charge in [-0.05, 0) is 33.6 Å². The summed E-state index contributed by atoms with van der Waals surface area (Å²) in [6.45, 7) is 0. The Hall–Kier alpha value is -1.16. The molecule has 0 unspecified atom stereocenters. The first-order valence-electron chi connectivity index (χ1n) is 4.01. The summed E-state index contributed by atoms with van der Waals surface area (Å²) in [5, 5.41) is 0.399. The van der Waals surface area contributed by atoms with Crippen LogP contribution in [0.5, 0.6) is 0 Å². The van der Waals surface area contributed by atoms with Crippen LogP contribution in [0, 0.1) is 5.82 Å². The molecule has 0 aliphatic carbocycles. The fraction of sp³-hybridized carbons (Fsp3) is 0.100. The minimum absolute atomic E-state index is 0.0750. The standard InChI is InChI=1S/C10H6BrFO2/c11-8-5-6(1-3-13)9(12)7-2-4-14-10(7)8/h2-5H,1H2. The van der Waals surface area contributed by atoms with Gasteiger partial charge in [-0.3, -0.25) is 0 Å². The third-order valence-corrected chi connectivity index (χ3v) is 2.59. The van der Waals surface area contributed by atoms with E-state index in [-0.39, 0.29) is 12.2 Å². The van der Waals surface area contributed by atoms with Crippen molar-refractivity contribution in [2.75, 3.05) is 0 Å². The largest absolute Gasteiger partial charge is 0.463 e. The molecule has 0 N–H and O–H groups in total. The summed E-state index contributed by atoms with van der Waals surface area (Å²) in [6.07, 6.45) is 2.17. The second kappa shape index (κ2) is 3.53. The summed E-state index contributed by atoms with van der Waals surface area (Å²) in [5.41, 5.74) is 0.845. The number of carbonyl (C=O) groups excluding carboxylic acids is 1. The van der Waals surface area contributed by atoms with Crippen molar-refractivity contribution in [2.45, 2.75) is 6.42 Å². The number of hydrogen-bond donors (Lipinski definition) is 0. The number of benzene rings is 1. The number of hydrogen-bond acceptors (Lipinski definition) is 2. The lowest BCUT2D eigenvalue weighted by Gasteiger charge is -2.01. The smallest absolute Gasteiger partial charge is 0.150 e. The van der Waals surface area contributed by atoms with E-state index in [1.807, 2.05) is 0 Å². The summed E-state index contributed by atoms with van der Waals surface area (Å²) in [4.78, 5) is 10.3. The highest BCUT2D eigenvalue weighted by atomic mass is 79.9. The first-order chi connectivity index (χ1) is 6.74. The molecule has 0 aliphatic rings. The minimum atomic E-state index is -0.385. The molecule has 0 radical (unpaired) electrons. The van der Waals surface area contributed by atoms with Gasteiger partial charge < -0.3 is 9.21 Å². The highest BCUT2D eigenvalue weighted by Gasteiger charge is 2.12. The summed E-state index contributed by atoms with van der Waals surface area (Å²) in [6, 6.07) is 3.11. The molecule has 2 rings (SSSR count). The predicted molar refractivity (Wildman–Crippen MR) is 53.6 cm³/mol. The molecule has 0 spiro atoms. The molecule has 1 aromatic carbocycles. The molecule has 2 nitrogen and oxygen atoms in total. The molecule has 1 aromatic heterocycles. The van der Waals surface area contributed by atoms with Crippen LogP contribution in [0.3, 0.4) is 0 Å². The van der Waals surface area contributed by atoms with Gasteiger partial charge in [0, 0.05) is 6.42 Å². The van der Waals surface area contributed by atoms with E-state index >= 15 is 0 Å². The molecule has 0 saturated heterocycles. The predicted octanol–water partition coefficient (Wildman–Crippen LogP) is 3.08. The lowest BCUT2D eigenvalue weighted by atomic mass is 10.1. The Morgan fingerprint density at radius 3 is 3.07 bits per heavy atom. The third-order valence-electron chi connectivity index (χ3n) is 2.00. The molecule has 0 bridgehead atoms. The topological polar surface area (TPSA) is 30.2 Å². The van der Waals surface area contributed by atoms with Crippen molar-refractivity contribution in [3.05, 3.63) is 34.2 Å². The van der Waals surface area contributed by atoms with Crippen molar-refractivity contribution in [2.24, 2.45) is 0 Å². The summed E-state index contributed by atoms with van der Waals surface area (Å²) >= 11 is 3.25. The Kier molecular flexibility index (Phi) is 2.37. The molecule has 4 heteroatoms. The number of fused-ring (bicyclic) bond motifs is 1. The summed E-state index contributed by atoms with van der Waals surface area (Å²) < 4.78 is 19.4. The highest BCUT2D eigenvalue weighted by Crippen LogP contribution is 2.29. The Morgan fingerprint density at radius 1 is 1.57 bits per heavy atom. The molecular weight excluding hydrogens is 251 g/mol. The minimum Gasteiger partial charge on any atom is -0.463 e. The zero-order valence-corrected chi connectivity index (χ0v) is 8.67. The second-order valence-electron chi connectivity index (χ2n) is 2.87. The number of aldehydes is 1. The number of halogens is 2. The quantitative estimate of drug-likeness (QED) is 0.774. The fourth-order valence-corrected chi connectivity index (χ4v) is 1.94. The lowest BCUT2D eigenvalue weighted by molar-refractivity contribution is -0.107. The molecular formula is C10H6BrFO2. The van der Waals surface area contributed by atoms with Gasteiger partial charge in [0.05, 0.1) is 16.1 Å². The van der Waals surface area contributed by atoms with Crippen LogP contribution in [0.1, 0.15) is 5.56 Å². The van der Waals surface area contributed by atoms with Gasteiger partial charge in [0.15, 0.2) is 5.58 Å². The van der Waals surface area contributed by atoms with Gasteiger partial charge in [0.25, 0.3) is 0 Å². The van der Waals surface area contributed by atoms with E-state index < -0.39 is 0 Å².